The van der Waals surface area contributed by atoms with Gasteiger partial charge in [-0.1, -0.05) is 25.1 Å². The van der Waals surface area contributed by atoms with Gasteiger partial charge in [-0.15, -0.1) is 0 Å². The number of ether oxygens (including phenoxy) is 2. The summed E-state index contributed by atoms with van der Waals surface area (Å²) in [6, 6.07) is 14.5. The summed E-state index contributed by atoms with van der Waals surface area (Å²) in [5.74, 6) is 1.35. The molecule has 0 bridgehead atoms. The third-order valence-corrected chi connectivity index (χ3v) is 3.60. The van der Waals surface area contributed by atoms with E-state index in [2.05, 4.69) is 0 Å². The average Bonchev–Trinajstić information content (AvgIpc) is 2.61. The van der Waals surface area contributed by atoms with Gasteiger partial charge in [-0.05, 0) is 42.3 Å². The van der Waals surface area contributed by atoms with Crippen LogP contribution in [0.5, 0.6) is 11.5 Å². The maximum atomic E-state index is 12.2. The number of carbonyl (C=O) groups is 2. The minimum Gasteiger partial charge on any atom is -0.497 e. The van der Waals surface area contributed by atoms with Crippen LogP contribution in [0.1, 0.15) is 42.1 Å². The van der Waals surface area contributed by atoms with Crippen molar-refractivity contribution in [2.45, 2.75) is 32.8 Å². The van der Waals surface area contributed by atoms with Crippen LogP contribution in [0.2, 0.25) is 0 Å². The first-order valence-electron chi connectivity index (χ1n) is 8.03. The van der Waals surface area contributed by atoms with Gasteiger partial charge in [0.15, 0.2) is 5.78 Å². The zero-order valence-electron chi connectivity index (χ0n) is 14.1. The van der Waals surface area contributed by atoms with Gasteiger partial charge in [-0.25, -0.2) is 0 Å². The third kappa shape index (κ3) is 5.23. The van der Waals surface area contributed by atoms with Crippen molar-refractivity contribution in [3.8, 4) is 11.5 Å². The molecule has 0 aliphatic carbocycles. The first kappa shape index (κ1) is 17.7. The molecule has 4 nitrogen and oxygen atoms in total. The highest BCUT2D eigenvalue weighted by molar-refractivity contribution is 6.07. The molecule has 0 unspecified atom stereocenters. The lowest BCUT2D eigenvalue weighted by molar-refractivity contribution is -0.118. The predicted molar refractivity (Wildman–Crippen MR) is 92.6 cm³/mol. The third-order valence-electron chi connectivity index (χ3n) is 3.60. The highest BCUT2D eigenvalue weighted by Crippen LogP contribution is 2.18. The van der Waals surface area contributed by atoms with E-state index in [1.54, 1.807) is 19.2 Å². The molecule has 2 rings (SSSR count). The van der Waals surface area contributed by atoms with Crippen LogP contribution in [-0.4, -0.2) is 18.7 Å². The van der Waals surface area contributed by atoms with E-state index in [1.807, 2.05) is 43.3 Å². The maximum Gasteiger partial charge on any atom is 0.170 e. The molecule has 4 heteroatoms. The van der Waals surface area contributed by atoms with Crippen LogP contribution in [0, 0.1) is 0 Å². The first-order valence-corrected chi connectivity index (χ1v) is 8.03. The minimum atomic E-state index is -0.139. The molecular weight excluding hydrogens is 304 g/mol. The van der Waals surface area contributed by atoms with Gasteiger partial charge in [0.2, 0.25) is 0 Å². The van der Waals surface area contributed by atoms with Crippen LogP contribution in [0.15, 0.2) is 48.5 Å². The van der Waals surface area contributed by atoms with Gasteiger partial charge in [-0.3, -0.25) is 9.59 Å². The molecule has 0 saturated carbocycles. The van der Waals surface area contributed by atoms with E-state index in [4.69, 9.17) is 9.47 Å². The van der Waals surface area contributed by atoms with E-state index >= 15 is 0 Å². The second-order valence-corrected chi connectivity index (χ2v) is 5.55. The molecule has 0 fully saturated rings. The smallest absolute Gasteiger partial charge is 0.170 e. The lowest BCUT2D eigenvalue weighted by atomic mass is 10.0. The number of hydrogen-bond donors (Lipinski definition) is 0. The molecule has 0 amide bonds. The topological polar surface area (TPSA) is 52.6 Å². The Morgan fingerprint density at radius 1 is 1.00 bits per heavy atom. The highest BCUT2D eigenvalue weighted by Gasteiger charge is 2.11. The van der Waals surface area contributed by atoms with Crippen molar-refractivity contribution in [1.82, 2.24) is 0 Å². The van der Waals surface area contributed by atoms with Gasteiger partial charge in [0.1, 0.15) is 23.9 Å². The summed E-state index contributed by atoms with van der Waals surface area (Å²) in [6.45, 7) is 2.29. The summed E-state index contributed by atoms with van der Waals surface area (Å²) in [6.07, 6.45) is 1.19. The van der Waals surface area contributed by atoms with Crippen LogP contribution in [0.25, 0.3) is 0 Å². The van der Waals surface area contributed by atoms with Crippen LogP contribution in [0.3, 0.4) is 0 Å². The quantitative estimate of drug-likeness (QED) is 0.511. The molecule has 0 radical (unpaired) electrons. The zero-order chi connectivity index (χ0) is 17.4. The van der Waals surface area contributed by atoms with Gasteiger partial charge < -0.3 is 9.47 Å². The first-order chi connectivity index (χ1) is 11.6. The van der Waals surface area contributed by atoms with Gasteiger partial charge in [0.25, 0.3) is 0 Å². The average molecular weight is 326 g/mol. The van der Waals surface area contributed by atoms with Gasteiger partial charge in [-0.2, -0.15) is 0 Å². The Morgan fingerprint density at radius 2 is 1.71 bits per heavy atom. The van der Waals surface area contributed by atoms with E-state index in [1.165, 1.54) is 0 Å². The van der Waals surface area contributed by atoms with Crippen LogP contribution >= 0.6 is 0 Å². The largest absolute Gasteiger partial charge is 0.497 e. The molecule has 0 saturated heterocycles. The fraction of sp³-hybridized carbons (Fsp3) is 0.300. The van der Waals surface area contributed by atoms with Gasteiger partial charge in [0, 0.05) is 12.0 Å². The number of hydrogen-bond acceptors (Lipinski definition) is 4. The van der Waals surface area contributed by atoms with E-state index < -0.39 is 0 Å². The molecule has 0 aliphatic rings. The maximum absolute atomic E-state index is 12.2. The zero-order valence-corrected chi connectivity index (χ0v) is 14.1. The Hall–Kier alpha value is -2.62. The molecular formula is C20H22O4. The van der Waals surface area contributed by atoms with Crippen molar-refractivity contribution in [3.63, 3.8) is 0 Å². The summed E-state index contributed by atoms with van der Waals surface area (Å²) in [4.78, 5) is 23.8. The Morgan fingerprint density at radius 3 is 2.38 bits per heavy atom. The fourth-order valence-electron chi connectivity index (χ4n) is 2.32. The lowest BCUT2D eigenvalue weighted by Gasteiger charge is -2.08. The lowest BCUT2D eigenvalue weighted by Crippen LogP contribution is -2.08. The minimum absolute atomic E-state index is 0.0117. The van der Waals surface area contributed by atoms with Crippen molar-refractivity contribution >= 4 is 11.6 Å². The highest BCUT2D eigenvalue weighted by atomic mass is 16.5. The summed E-state index contributed by atoms with van der Waals surface area (Å²) in [5.41, 5.74) is 1.44. The summed E-state index contributed by atoms with van der Waals surface area (Å²) in [5, 5.41) is 0. The second-order valence-electron chi connectivity index (χ2n) is 5.55. The molecule has 0 heterocycles. The van der Waals surface area contributed by atoms with Crippen molar-refractivity contribution in [3.05, 3.63) is 59.7 Å². The summed E-state index contributed by atoms with van der Waals surface area (Å²) >= 11 is 0. The monoisotopic (exact) mass is 326 g/mol. The number of ketones is 2. The van der Waals surface area contributed by atoms with Crippen molar-refractivity contribution in [2.24, 2.45) is 0 Å². The molecule has 2 aromatic rings. The molecule has 2 aromatic carbocycles. The SMILES string of the molecule is CCCC(=O)CC(=O)c1cccc(COc2ccc(OC)cc2)c1. The van der Waals surface area contributed by atoms with Crippen molar-refractivity contribution in [1.29, 1.82) is 0 Å². The Balaban J connectivity index is 1.96. The standard InChI is InChI=1S/C20H22O4/c1-3-5-17(21)13-20(22)16-7-4-6-15(12-16)14-24-19-10-8-18(23-2)9-11-19/h4,6-12H,3,5,13-14H2,1-2H3. The van der Waals surface area contributed by atoms with Gasteiger partial charge in [0.05, 0.1) is 13.5 Å². The van der Waals surface area contributed by atoms with E-state index in [0.717, 1.165) is 23.5 Å². The molecule has 24 heavy (non-hydrogen) atoms. The van der Waals surface area contributed by atoms with E-state index in [0.29, 0.717) is 18.6 Å². The van der Waals surface area contributed by atoms with Crippen molar-refractivity contribution < 1.29 is 19.1 Å². The number of benzene rings is 2. The number of rotatable bonds is 9. The molecule has 0 aromatic heterocycles. The number of methoxy groups -OCH3 is 1. The molecule has 126 valence electrons. The Labute approximate surface area is 142 Å². The van der Waals surface area contributed by atoms with E-state index in [-0.39, 0.29) is 18.0 Å². The number of carbonyl (C=O) groups excluding carboxylic acids is 2. The molecule has 0 N–H and O–H groups in total. The van der Waals surface area contributed by atoms with Crippen LogP contribution in [0.4, 0.5) is 0 Å². The predicted octanol–water partition coefficient (Wildman–Crippen LogP) is 4.22. The second kappa shape index (κ2) is 8.87. The van der Waals surface area contributed by atoms with Crippen LogP contribution in [-0.2, 0) is 11.4 Å². The normalized spacial score (nSPS) is 10.2. The molecule has 0 aliphatic heterocycles. The van der Waals surface area contributed by atoms with Crippen molar-refractivity contribution in [2.75, 3.05) is 7.11 Å². The van der Waals surface area contributed by atoms with E-state index in [9.17, 15) is 9.59 Å². The Bertz CT molecular complexity index is 689. The summed E-state index contributed by atoms with van der Waals surface area (Å²) in [7, 11) is 1.61. The Kier molecular flexibility index (Phi) is 6.55. The van der Waals surface area contributed by atoms with Gasteiger partial charge >= 0.3 is 0 Å². The fourth-order valence-corrected chi connectivity index (χ4v) is 2.32. The van der Waals surface area contributed by atoms with Crippen LogP contribution < -0.4 is 9.47 Å². The summed E-state index contributed by atoms with van der Waals surface area (Å²) < 4.78 is 10.8. The molecule has 0 atom stereocenters. The number of Topliss-reactive ketones (excluding diaryl/α,β-unsaturated/α-hetero) is 2. The molecule has 0 spiro atoms.